The molecule has 0 aliphatic carbocycles. The number of aromatic nitrogens is 1. The number of nitrogen functional groups attached to an aromatic ring is 1. The van der Waals surface area contributed by atoms with Gasteiger partial charge in [0.25, 0.3) is 0 Å². The van der Waals surface area contributed by atoms with Crippen molar-refractivity contribution in [2.45, 2.75) is 0 Å². The fourth-order valence-corrected chi connectivity index (χ4v) is 2.18. The molecule has 0 saturated heterocycles. The van der Waals surface area contributed by atoms with Crippen molar-refractivity contribution in [3.8, 4) is 0 Å². The Bertz CT molecular complexity index is 687. The number of pyridine rings is 1. The van der Waals surface area contributed by atoms with Gasteiger partial charge >= 0.3 is 5.97 Å². The van der Waals surface area contributed by atoms with E-state index in [0.29, 0.717) is 0 Å². The van der Waals surface area contributed by atoms with Crippen molar-refractivity contribution in [1.29, 1.82) is 0 Å². The molecule has 0 spiro atoms. The fourth-order valence-electron chi connectivity index (χ4n) is 1.63. The molecular weight excluding hydrogens is 320 g/mol. The molecule has 2 rings (SSSR count). The van der Waals surface area contributed by atoms with Crippen LogP contribution in [0.15, 0.2) is 24.4 Å². The van der Waals surface area contributed by atoms with E-state index >= 15 is 0 Å². The highest BCUT2D eigenvalue weighted by atomic mass is 35.5. The normalized spacial score (nSPS) is 10.3. The van der Waals surface area contributed by atoms with Crippen LogP contribution in [0.5, 0.6) is 0 Å². The van der Waals surface area contributed by atoms with Crippen LogP contribution in [0.3, 0.4) is 0 Å². The number of hydrogen-bond acceptors (Lipinski definition) is 5. The molecule has 0 aliphatic heterocycles. The Morgan fingerprint density at radius 2 is 1.95 bits per heavy atom. The van der Waals surface area contributed by atoms with E-state index in [1.807, 2.05) is 0 Å². The minimum absolute atomic E-state index is 0.0504. The number of nitrogens with zero attached hydrogens (tertiary/aromatic N) is 1. The van der Waals surface area contributed by atoms with Crippen LogP contribution in [0.25, 0.3) is 0 Å². The first-order valence-corrected chi connectivity index (χ1v) is 6.43. The Labute approximate surface area is 129 Å². The summed E-state index contributed by atoms with van der Waals surface area (Å²) in [5.74, 6) is -1.06. The summed E-state index contributed by atoms with van der Waals surface area (Å²) in [5.41, 5.74) is 6.21. The number of nitrogens with two attached hydrogens (primary N) is 1. The Hall–Kier alpha value is -2.05. The zero-order valence-corrected chi connectivity index (χ0v) is 12.3. The van der Waals surface area contributed by atoms with Crippen molar-refractivity contribution in [2.75, 3.05) is 18.2 Å². The monoisotopic (exact) mass is 329 g/mol. The van der Waals surface area contributed by atoms with Gasteiger partial charge in [-0.25, -0.2) is 14.2 Å². The summed E-state index contributed by atoms with van der Waals surface area (Å²) in [5, 5.41) is 2.88. The van der Waals surface area contributed by atoms with E-state index in [9.17, 15) is 9.18 Å². The standard InChI is InChI=1S/C13H10Cl2FN3O2/c1-21-13(20)8-4-7(17)5-18-12(8)19-11-9(14)2-6(16)3-10(11)15/h2-5H,17H2,1H3,(H,18,19). The molecule has 0 amide bonds. The topological polar surface area (TPSA) is 77.2 Å². The number of nitrogens with one attached hydrogen (secondary N) is 1. The molecule has 8 heteroatoms. The largest absolute Gasteiger partial charge is 0.465 e. The maximum atomic E-state index is 13.2. The van der Waals surface area contributed by atoms with Gasteiger partial charge in [0.2, 0.25) is 0 Å². The summed E-state index contributed by atoms with van der Waals surface area (Å²) in [6, 6.07) is 3.57. The highest BCUT2D eigenvalue weighted by molar-refractivity contribution is 6.39. The number of halogens is 3. The highest BCUT2D eigenvalue weighted by Crippen LogP contribution is 2.34. The van der Waals surface area contributed by atoms with Crippen LogP contribution in [0.4, 0.5) is 21.6 Å². The van der Waals surface area contributed by atoms with Crippen LogP contribution in [0, 0.1) is 5.82 Å². The summed E-state index contributed by atoms with van der Waals surface area (Å²) in [7, 11) is 1.23. The lowest BCUT2D eigenvalue weighted by molar-refractivity contribution is 0.0601. The van der Waals surface area contributed by atoms with Crippen molar-refractivity contribution in [2.24, 2.45) is 0 Å². The number of esters is 1. The third-order valence-electron chi connectivity index (χ3n) is 2.56. The van der Waals surface area contributed by atoms with Gasteiger partial charge in [0.15, 0.2) is 0 Å². The van der Waals surface area contributed by atoms with Crippen molar-refractivity contribution in [3.63, 3.8) is 0 Å². The molecular formula is C13H10Cl2FN3O2. The van der Waals surface area contributed by atoms with Gasteiger partial charge < -0.3 is 15.8 Å². The molecule has 2 aromatic rings. The zero-order valence-electron chi connectivity index (χ0n) is 10.8. The summed E-state index contributed by atoms with van der Waals surface area (Å²) in [4.78, 5) is 15.7. The Morgan fingerprint density at radius 1 is 1.33 bits per heavy atom. The molecule has 0 bridgehead atoms. The predicted octanol–water partition coefficient (Wildman–Crippen LogP) is 3.64. The minimum atomic E-state index is -0.633. The molecule has 21 heavy (non-hydrogen) atoms. The average Bonchev–Trinajstić information content (AvgIpc) is 2.43. The quantitative estimate of drug-likeness (QED) is 0.840. The lowest BCUT2D eigenvalue weighted by Gasteiger charge is -2.13. The highest BCUT2D eigenvalue weighted by Gasteiger charge is 2.17. The molecule has 1 aromatic carbocycles. The van der Waals surface area contributed by atoms with E-state index in [0.717, 1.165) is 12.1 Å². The molecule has 0 unspecified atom stereocenters. The average molecular weight is 330 g/mol. The van der Waals surface area contributed by atoms with Gasteiger partial charge in [0, 0.05) is 0 Å². The van der Waals surface area contributed by atoms with Crippen LogP contribution < -0.4 is 11.1 Å². The van der Waals surface area contributed by atoms with Gasteiger partial charge in [0.1, 0.15) is 17.2 Å². The van der Waals surface area contributed by atoms with Gasteiger partial charge in [-0.1, -0.05) is 23.2 Å². The van der Waals surface area contributed by atoms with E-state index in [-0.39, 0.29) is 32.8 Å². The molecule has 3 N–H and O–H groups in total. The molecule has 1 aromatic heterocycles. The van der Waals surface area contributed by atoms with Crippen LogP contribution in [-0.2, 0) is 4.74 Å². The lowest BCUT2D eigenvalue weighted by atomic mass is 10.2. The van der Waals surface area contributed by atoms with Crippen LogP contribution >= 0.6 is 23.2 Å². The Kier molecular flexibility index (Phi) is 4.50. The van der Waals surface area contributed by atoms with E-state index in [1.165, 1.54) is 19.4 Å². The maximum absolute atomic E-state index is 13.2. The summed E-state index contributed by atoms with van der Waals surface area (Å²) in [6.45, 7) is 0. The van der Waals surface area contributed by atoms with Crippen molar-refractivity contribution in [3.05, 3.63) is 45.8 Å². The molecule has 0 aliphatic rings. The number of rotatable bonds is 3. The van der Waals surface area contributed by atoms with Crippen LogP contribution in [0.1, 0.15) is 10.4 Å². The van der Waals surface area contributed by atoms with Gasteiger partial charge in [-0.15, -0.1) is 0 Å². The number of carbonyl (C=O) groups excluding carboxylic acids is 1. The van der Waals surface area contributed by atoms with Gasteiger partial charge in [-0.3, -0.25) is 0 Å². The molecule has 0 radical (unpaired) electrons. The summed E-state index contributed by atoms with van der Waals surface area (Å²) < 4.78 is 17.8. The zero-order chi connectivity index (χ0) is 15.6. The van der Waals surface area contributed by atoms with E-state index in [4.69, 9.17) is 28.9 Å². The third kappa shape index (κ3) is 3.34. The second-order valence-corrected chi connectivity index (χ2v) is 4.84. The van der Waals surface area contributed by atoms with Crippen LogP contribution in [0.2, 0.25) is 10.0 Å². The SMILES string of the molecule is COC(=O)c1cc(N)cnc1Nc1c(Cl)cc(F)cc1Cl. The molecule has 0 saturated carbocycles. The molecule has 1 heterocycles. The third-order valence-corrected chi connectivity index (χ3v) is 3.16. The number of anilines is 3. The van der Waals surface area contributed by atoms with Crippen molar-refractivity contribution in [1.82, 2.24) is 4.98 Å². The first kappa shape index (κ1) is 15.3. The first-order chi connectivity index (χ1) is 9.92. The van der Waals surface area contributed by atoms with Gasteiger partial charge in [-0.05, 0) is 18.2 Å². The Balaban J connectivity index is 2.47. The van der Waals surface area contributed by atoms with E-state index in [2.05, 4.69) is 15.0 Å². The molecule has 0 fully saturated rings. The van der Waals surface area contributed by atoms with E-state index < -0.39 is 11.8 Å². The lowest BCUT2D eigenvalue weighted by Crippen LogP contribution is -2.09. The molecule has 0 atom stereocenters. The maximum Gasteiger partial charge on any atom is 0.341 e. The molecule has 5 nitrogen and oxygen atoms in total. The van der Waals surface area contributed by atoms with Crippen LogP contribution in [-0.4, -0.2) is 18.1 Å². The number of hydrogen-bond donors (Lipinski definition) is 2. The van der Waals surface area contributed by atoms with Gasteiger partial charge in [0.05, 0.1) is 34.7 Å². The number of methoxy groups -OCH3 is 1. The van der Waals surface area contributed by atoms with Gasteiger partial charge in [-0.2, -0.15) is 0 Å². The second-order valence-electron chi connectivity index (χ2n) is 4.03. The smallest absolute Gasteiger partial charge is 0.341 e. The van der Waals surface area contributed by atoms with E-state index in [1.54, 1.807) is 0 Å². The fraction of sp³-hybridized carbons (Fsp3) is 0.0769. The predicted molar refractivity (Wildman–Crippen MR) is 79.7 cm³/mol. The Morgan fingerprint density at radius 3 is 2.52 bits per heavy atom. The molecule has 110 valence electrons. The number of benzene rings is 1. The second kappa shape index (κ2) is 6.15. The van der Waals surface area contributed by atoms with Crippen molar-refractivity contribution >= 4 is 46.4 Å². The van der Waals surface area contributed by atoms with Crippen molar-refractivity contribution < 1.29 is 13.9 Å². The minimum Gasteiger partial charge on any atom is -0.465 e. The number of ether oxygens (including phenoxy) is 1. The number of carbonyl (C=O) groups is 1. The summed E-state index contributed by atoms with van der Waals surface area (Å²) in [6.07, 6.45) is 1.35. The summed E-state index contributed by atoms with van der Waals surface area (Å²) >= 11 is 11.9. The first-order valence-electron chi connectivity index (χ1n) is 5.67.